The Morgan fingerprint density at radius 2 is 1.93 bits per heavy atom. The minimum atomic E-state index is -0.185. The molecular formula is C22H25ClN4O2. The number of hydrogen-bond donors (Lipinski definition) is 2. The molecule has 0 radical (unpaired) electrons. The monoisotopic (exact) mass is 412 g/mol. The van der Waals surface area contributed by atoms with Crippen molar-refractivity contribution in [1.29, 1.82) is 0 Å². The maximum absolute atomic E-state index is 13.1. The summed E-state index contributed by atoms with van der Waals surface area (Å²) in [6, 6.07) is 15.0. The Hall–Kier alpha value is -2.70. The average molecular weight is 413 g/mol. The summed E-state index contributed by atoms with van der Waals surface area (Å²) in [6.45, 7) is 2.29. The van der Waals surface area contributed by atoms with Gasteiger partial charge in [0.05, 0.1) is 17.4 Å². The normalized spacial score (nSPS) is 15.8. The second-order valence-electron chi connectivity index (χ2n) is 7.41. The van der Waals surface area contributed by atoms with Crippen LogP contribution in [0.1, 0.15) is 28.2 Å². The molecule has 0 aliphatic carbocycles. The molecule has 1 saturated heterocycles. The van der Waals surface area contributed by atoms with Crippen molar-refractivity contribution in [2.24, 2.45) is 5.92 Å². The number of carbonyl (C=O) groups is 1. The molecule has 4 rings (SSSR count). The lowest BCUT2D eigenvalue weighted by Gasteiger charge is -2.19. The molecule has 0 bridgehead atoms. The molecule has 1 aliphatic heterocycles. The van der Waals surface area contributed by atoms with Crippen molar-refractivity contribution in [3.63, 3.8) is 0 Å². The summed E-state index contributed by atoms with van der Waals surface area (Å²) in [7, 11) is 1.74. The molecule has 152 valence electrons. The number of nitrogens with zero attached hydrogens (tertiary/aromatic N) is 2. The van der Waals surface area contributed by atoms with Gasteiger partial charge in [0.1, 0.15) is 5.82 Å². The van der Waals surface area contributed by atoms with E-state index in [-0.39, 0.29) is 30.4 Å². The first-order valence-electron chi connectivity index (χ1n) is 9.64. The van der Waals surface area contributed by atoms with Crippen LogP contribution in [0.2, 0.25) is 0 Å². The highest BCUT2D eigenvalue weighted by atomic mass is 35.5. The minimum absolute atomic E-state index is 0. The van der Waals surface area contributed by atoms with E-state index >= 15 is 0 Å². The summed E-state index contributed by atoms with van der Waals surface area (Å²) in [5.74, 6) is 0.993. The van der Waals surface area contributed by atoms with Crippen molar-refractivity contribution in [2.75, 3.05) is 20.1 Å². The van der Waals surface area contributed by atoms with E-state index in [2.05, 4.69) is 15.3 Å². The van der Waals surface area contributed by atoms with Gasteiger partial charge in [-0.1, -0.05) is 30.3 Å². The van der Waals surface area contributed by atoms with E-state index in [1.54, 1.807) is 24.1 Å². The van der Waals surface area contributed by atoms with E-state index in [1.807, 2.05) is 36.4 Å². The standard InChI is InChI=1S/C22H24N4O2.ClH/c1-26(14-20-24-19-9-5-4-8-18(19)21(27)25-20)22(28)17-7-3-2-6-16(17)12-15-10-11-23-13-15;/h2-9,15,23H,10-14H2,1H3,(H,24,25,27);1H. The van der Waals surface area contributed by atoms with Gasteiger partial charge in [-0.25, -0.2) is 4.98 Å². The molecule has 1 atom stereocenters. The molecule has 29 heavy (non-hydrogen) atoms. The van der Waals surface area contributed by atoms with Gasteiger partial charge < -0.3 is 15.2 Å². The van der Waals surface area contributed by atoms with Gasteiger partial charge >= 0.3 is 0 Å². The van der Waals surface area contributed by atoms with Gasteiger partial charge in [0.15, 0.2) is 0 Å². The first-order valence-corrected chi connectivity index (χ1v) is 9.64. The lowest BCUT2D eigenvalue weighted by molar-refractivity contribution is 0.0780. The van der Waals surface area contributed by atoms with Gasteiger partial charge in [0.2, 0.25) is 0 Å². The van der Waals surface area contributed by atoms with Crippen LogP contribution in [0.25, 0.3) is 10.9 Å². The number of halogens is 1. The van der Waals surface area contributed by atoms with Gasteiger partial charge in [-0.2, -0.15) is 0 Å². The third-order valence-corrected chi connectivity index (χ3v) is 5.31. The van der Waals surface area contributed by atoms with E-state index < -0.39 is 0 Å². The number of para-hydroxylation sites is 1. The lowest BCUT2D eigenvalue weighted by atomic mass is 9.94. The summed E-state index contributed by atoms with van der Waals surface area (Å²) >= 11 is 0. The van der Waals surface area contributed by atoms with E-state index in [0.717, 1.165) is 37.1 Å². The van der Waals surface area contributed by atoms with E-state index in [1.165, 1.54) is 0 Å². The Labute approximate surface area is 175 Å². The summed E-state index contributed by atoms with van der Waals surface area (Å²) < 4.78 is 0. The fourth-order valence-electron chi connectivity index (χ4n) is 3.82. The fourth-order valence-corrected chi connectivity index (χ4v) is 3.82. The topological polar surface area (TPSA) is 78.1 Å². The SMILES string of the molecule is CN(Cc1nc2ccccc2c(=O)[nH]1)C(=O)c1ccccc1CC1CCNC1.Cl. The number of nitrogens with one attached hydrogen (secondary N) is 2. The summed E-state index contributed by atoms with van der Waals surface area (Å²) in [5.41, 5.74) is 2.25. The second kappa shape index (κ2) is 9.20. The van der Waals surface area contributed by atoms with Crippen LogP contribution in [-0.2, 0) is 13.0 Å². The van der Waals surface area contributed by atoms with Crippen LogP contribution in [-0.4, -0.2) is 40.9 Å². The molecule has 1 unspecified atom stereocenters. The zero-order valence-corrected chi connectivity index (χ0v) is 17.2. The highest BCUT2D eigenvalue weighted by Gasteiger charge is 2.21. The molecule has 0 spiro atoms. The predicted octanol–water partition coefficient (Wildman–Crippen LogP) is 2.77. The van der Waals surface area contributed by atoms with Gasteiger partial charge in [-0.3, -0.25) is 9.59 Å². The molecule has 1 fully saturated rings. The molecule has 7 heteroatoms. The Morgan fingerprint density at radius 3 is 2.72 bits per heavy atom. The van der Waals surface area contributed by atoms with Crippen LogP contribution in [0.4, 0.5) is 0 Å². The van der Waals surface area contributed by atoms with Crippen molar-refractivity contribution in [3.05, 3.63) is 75.8 Å². The Bertz CT molecular complexity index is 1060. The number of rotatable bonds is 5. The maximum Gasteiger partial charge on any atom is 0.258 e. The van der Waals surface area contributed by atoms with Crippen molar-refractivity contribution in [1.82, 2.24) is 20.2 Å². The van der Waals surface area contributed by atoms with Crippen LogP contribution in [0.5, 0.6) is 0 Å². The highest BCUT2D eigenvalue weighted by molar-refractivity contribution is 5.95. The molecule has 0 saturated carbocycles. The maximum atomic E-state index is 13.1. The zero-order valence-electron chi connectivity index (χ0n) is 16.4. The van der Waals surface area contributed by atoms with Crippen LogP contribution in [0.3, 0.4) is 0 Å². The Kier molecular flexibility index (Phi) is 6.67. The Balaban J connectivity index is 0.00000240. The first kappa shape index (κ1) is 21.0. The van der Waals surface area contributed by atoms with Crippen molar-refractivity contribution >= 4 is 29.2 Å². The molecule has 6 nitrogen and oxygen atoms in total. The van der Waals surface area contributed by atoms with Crippen molar-refractivity contribution in [3.8, 4) is 0 Å². The van der Waals surface area contributed by atoms with E-state index in [0.29, 0.717) is 22.6 Å². The average Bonchev–Trinajstić information content (AvgIpc) is 3.21. The predicted molar refractivity (Wildman–Crippen MR) is 117 cm³/mol. The number of aromatic amines is 1. The van der Waals surface area contributed by atoms with Crippen molar-refractivity contribution in [2.45, 2.75) is 19.4 Å². The van der Waals surface area contributed by atoms with Crippen molar-refractivity contribution < 1.29 is 4.79 Å². The highest BCUT2D eigenvalue weighted by Crippen LogP contribution is 2.20. The van der Waals surface area contributed by atoms with Crippen LogP contribution in [0.15, 0.2) is 53.3 Å². The molecule has 1 aromatic heterocycles. The first-order chi connectivity index (χ1) is 13.6. The number of benzene rings is 2. The summed E-state index contributed by atoms with van der Waals surface area (Å²) in [4.78, 5) is 34.2. The fraction of sp³-hybridized carbons (Fsp3) is 0.318. The van der Waals surface area contributed by atoms with Crippen LogP contribution < -0.4 is 10.9 Å². The van der Waals surface area contributed by atoms with Gasteiger partial charge in [0, 0.05) is 12.6 Å². The smallest absolute Gasteiger partial charge is 0.258 e. The van der Waals surface area contributed by atoms with E-state index in [4.69, 9.17) is 0 Å². The molecule has 3 aromatic rings. The number of amides is 1. The molecule has 2 heterocycles. The van der Waals surface area contributed by atoms with Crippen LogP contribution >= 0.6 is 12.4 Å². The molecule has 1 aliphatic rings. The van der Waals surface area contributed by atoms with E-state index in [9.17, 15) is 9.59 Å². The van der Waals surface area contributed by atoms with Gasteiger partial charge in [0.25, 0.3) is 11.5 Å². The number of carbonyl (C=O) groups excluding carboxylic acids is 1. The summed E-state index contributed by atoms with van der Waals surface area (Å²) in [5, 5.41) is 3.93. The summed E-state index contributed by atoms with van der Waals surface area (Å²) in [6.07, 6.45) is 2.04. The third kappa shape index (κ3) is 4.66. The minimum Gasteiger partial charge on any atom is -0.334 e. The number of fused-ring (bicyclic) bond motifs is 1. The number of aromatic nitrogens is 2. The molecule has 2 N–H and O–H groups in total. The van der Waals surface area contributed by atoms with Crippen LogP contribution in [0, 0.1) is 5.92 Å². The number of hydrogen-bond acceptors (Lipinski definition) is 4. The zero-order chi connectivity index (χ0) is 19.5. The van der Waals surface area contributed by atoms with Gasteiger partial charge in [-0.15, -0.1) is 12.4 Å². The largest absolute Gasteiger partial charge is 0.334 e. The quantitative estimate of drug-likeness (QED) is 0.675. The Morgan fingerprint density at radius 1 is 1.17 bits per heavy atom. The number of H-pyrrole nitrogens is 1. The molecule has 1 amide bonds. The third-order valence-electron chi connectivity index (χ3n) is 5.31. The lowest BCUT2D eigenvalue weighted by Crippen LogP contribution is -2.29. The molecule has 2 aromatic carbocycles. The second-order valence-corrected chi connectivity index (χ2v) is 7.41. The molecular weight excluding hydrogens is 388 g/mol. The van der Waals surface area contributed by atoms with Gasteiger partial charge in [-0.05, 0) is 55.6 Å².